The first-order valence-electron chi connectivity index (χ1n) is 4.62. The molecule has 0 bridgehead atoms. The zero-order valence-electron chi connectivity index (χ0n) is 8.72. The van der Waals surface area contributed by atoms with E-state index in [4.69, 9.17) is 4.74 Å². The lowest BCUT2D eigenvalue weighted by molar-refractivity contribution is -0.136. The molecule has 1 rings (SSSR count). The van der Waals surface area contributed by atoms with Crippen molar-refractivity contribution in [2.75, 3.05) is 0 Å². The molecule has 0 aromatic heterocycles. The zero-order chi connectivity index (χ0) is 10.7. The number of hydrogen-bond acceptors (Lipinski definition) is 3. The standard InChI is InChI=1S/C11H14O3/c1-7(2)11-9(13)5-4-6-10(11)14-8(3)12/h6H,4-5H2,1-3H3. The molecule has 0 heterocycles. The van der Waals surface area contributed by atoms with Gasteiger partial charge >= 0.3 is 5.97 Å². The van der Waals surface area contributed by atoms with E-state index >= 15 is 0 Å². The highest BCUT2D eigenvalue weighted by Crippen LogP contribution is 2.24. The third-order valence-electron chi connectivity index (χ3n) is 1.98. The molecule has 0 spiro atoms. The van der Waals surface area contributed by atoms with Crippen molar-refractivity contribution in [1.82, 2.24) is 0 Å². The monoisotopic (exact) mass is 194 g/mol. The lowest BCUT2D eigenvalue weighted by Crippen LogP contribution is -2.14. The van der Waals surface area contributed by atoms with E-state index in [-0.39, 0.29) is 11.8 Å². The van der Waals surface area contributed by atoms with Gasteiger partial charge in [0.2, 0.25) is 0 Å². The molecule has 14 heavy (non-hydrogen) atoms. The van der Waals surface area contributed by atoms with Crippen molar-refractivity contribution in [3.05, 3.63) is 23.0 Å². The van der Waals surface area contributed by atoms with Gasteiger partial charge in [-0.1, -0.05) is 5.57 Å². The Kier molecular flexibility index (Phi) is 3.23. The summed E-state index contributed by atoms with van der Waals surface area (Å²) in [6, 6.07) is 0. The van der Waals surface area contributed by atoms with Gasteiger partial charge in [-0.25, -0.2) is 0 Å². The summed E-state index contributed by atoms with van der Waals surface area (Å²) in [4.78, 5) is 22.3. The van der Waals surface area contributed by atoms with E-state index in [0.717, 1.165) is 5.57 Å². The van der Waals surface area contributed by atoms with Crippen LogP contribution in [0.15, 0.2) is 23.0 Å². The molecule has 0 radical (unpaired) electrons. The third-order valence-corrected chi connectivity index (χ3v) is 1.98. The number of esters is 1. The first-order valence-corrected chi connectivity index (χ1v) is 4.62. The highest BCUT2D eigenvalue weighted by Gasteiger charge is 2.21. The summed E-state index contributed by atoms with van der Waals surface area (Å²) in [6.45, 7) is 5.02. The fourth-order valence-corrected chi connectivity index (χ4v) is 1.47. The van der Waals surface area contributed by atoms with E-state index in [9.17, 15) is 9.59 Å². The van der Waals surface area contributed by atoms with Gasteiger partial charge in [0.25, 0.3) is 0 Å². The van der Waals surface area contributed by atoms with E-state index in [0.29, 0.717) is 24.2 Å². The summed E-state index contributed by atoms with van der Waals surface area (Å²) < 4.78 is 4.98. The molecule has 0 aromatic rings. The van der Waals surface area contributed by atoms with Gasteiger partial charge in [0.15, 0.2) is 5.78 Å². The lowest BCUT2D eigenvalue weighted by Gasteiger charge is -2.16. The summed E-state index contributed by atoms with van der Waals surface area (Å²) in [7, 11) is 0. The highest BCUT2D eigenvalue weighted by atomic mass is 16.5. The van der Waals surface area contributed by atoms with Gasteiger partial charge in [-0.15, -0.1) is 0 Å². The van der Waals surface area contributed by atoms with Crippen molar-refractivity contribution in [3.63, 3.8) is 0 Å². The molecule has 0 unspecified atom stereocenters. The van der Waals surface area contributed by atoms with Crippen molar-refractivity contribution in [2.45, 2.75) is 33.6 Å². The maximum Gasteiger partial charge on any atom is 0.308 e. The number of carbonyl (C=O) groups is 2. The van der Waals surface area contributed by atoms with E-state index in [1.165, 1.54) is 6.92 Å². The van der Waals surface area contributed by atoms with Crippen LogP contribution >= 0.6 is 0 Å². The molecule has 0 saturated heterocycles. The van der Waals surface area contributed by atoms with Gasteiger partial charge < -0.3 is 4.74 Å². The van der Waals surface area contributed by atoms with Crippen LogP contribution in [0.5, 0.6) is 0 Å². The van der Waals surface area contributed by atoms with Gasteiger partial charge in [0, 0.05) is 13.3 Å². The molecule has 0 saturated carbocycles. The fourth-order valence-electron chi connectivity index (χ4n) is 1.47. The van der Waals surface area contributed by atoms with Crippen LogP contribution in [0.4, 0.5) is 0 Å². The Morgan fingerprint density at radius 3 is 2.50 bits per heavy atom. The summed E-state index contributed by atoms with van der Waals surface area (Å²) in [6.07, 6.45) is 2.95. The Morgan fingerprint density at radius 1 is 1.36 bits per heavy atom. The third kappa shape index (κ3) is 2.31. The normalized spacial score (nSPS) is 16.4. The molecule has 0 atom stereocenters. The first-order chi connectivity index (χ1) is 6.52. The minimum atomic E-state index is -0.385. The van der Waals surface area contributed by atoms with Gasteiger partial charge in [-0.3, -0.25) is 9.59 Å². The molecule has 3 heteroatoms. The first kappa shape index (κ1) is 10.7. The number of ether oxygens (including phenoxy) is 1. The Labute approximate surface area is 83.4 Å². The molecule has 1 aliphatic rings. The second-order valence-electron chi connectivity index (χ2n) is 3.50. The van der Waals surface area contributed by atoms with Crippen LogP contribution in [0, 0.1) is 0 Å². The smallest absolute Gasteiger partial charge is 0.308 e. The van der Waals surface area contributed by atoms with E-state index in [1.807, 2.05) is 13.8 Å². The van der Waals surface area contributed by atoms with Crippen molar-refractivity contribution in [2.24, 2.45) is 0 Å². The number of hydrogen-bond donors (Lipinski definition) is 0. The summed E-state index contributed by atoms with van der Waals surface area (Å²) >= 11 is 0. The average molecular weight is 194 g/mol. The van der Waals surface area contributed by atoms with Crippen molar-refractivity contribution in [1.29, 1.82) is 0 Å². The van der Waals surface area contributed by atoms with Gasteiger partial charge in [0.1, 0.15) is 5.76 Å². The SMILES string of the molecule is CC(=O)OC1=CCCC(=O)C1=C(C)C. The molecule has 0 aromatic carbocycles. The van der Waals surface area contributed by atoms with E-state index < -0.39 is 0 Å². The van der Waals surface area contributed by atoms with Crippen LogP contribution in [0.25, 0.3) is 0 Å². The Bertz CT molecular complexity index is 330. The van der Waals surface area contributed by atoms with Crippen LogP contribution in [-0.4, -0.2) is 11.8 Å². The summed E-state index contributed by atoms with van der Waals surface area (Å²) in [5.41, 5.74) is 1.45. The van der Waals surface area contributed by atoms with Crippen molar-refractivity contribution in [3.8, 4) is 0 Å². The van der Waals surface area contributed by atoms with Crippen LogP contribution in [-0.2, 0) is 14.3 Å². The van der Waals surface area contributed by atoms with Crippen LogP contribution < -0.4 is 0 Å². The van der Waals surface area contributed by atoms with Crippen molar-refractivity contribution < 1.29 is 14.3 Å². The topological polar surface area (TPSA) is 43.4 Å². The number of Topliss-reactive ketones (excluding diaryl/α,β-unsaturated/α-hetero) is 1. The lowest BCUT2D eigenvalue weighted by atomic mass is 9.95. The molecule has 76 valence electrons. The van der Waals surface area contributed by atoms with Crippen LogP contribution in [0.3, 0.4) is 0 Å². The Morgan fingerprint density at radius 2 is 2.00 bits per heavy atom. The fraction of sp³-hybridized carbons (Fsp3) is 0.455. The predicted octanol–water partition coefficient (Wildman–Crippen LogP) is 2.13. The van der Waals surface area contributed by atoms with Gasteiger partial charge in [-0.05, 0) is 26.3 Å². The van der Waals surface area contributed by atoms with Crippen LogP contribution in [0.1, 0.15) is 33.6 Å². The van der Waals surface area contributed by atoms with Crippen LogP contribution in [0.2, 0.25) is 0 Å². The quantitative estimate of drug-likeness (QED) is 0.474. The van der Waals surface area contributed by atoms with Gasteiger partial charge in [0.05, 0.1) is 5.57 Å². The largest absolute Gasteiger partial charge is 0.426 e. The molecule has 0 N–H and O–H groups in total. The van der Waals surface area contributed by atoms with E-state index in [2.05, 4.69) is 0 Å². The predicted molar refractivity (Wildman–Crippen MR) is 52.5 cm³/mol. The van der Waals surface area contributed by atoms with Crippen molar-refractivity contribution >= 4 is 11.8 Å². The average Bonchev–Trinajstić information content (AvgIpc) is 2.01. The second kappa shape index (κ2) is 4.22. The molecule has 0 aliphatic heterocycles. The molecule has 1 aliphatic carbocycles. The molecule has 0 fully saturated rings. The molecular weight excluding hydrogens is 180 g/mol. The highest BCUT2D eigenvalue weighted by molar-refractivity contribution is 6.01. The second-order valence-corrected chi connectivity index (χ2v) is 3.50. The summed E-state index contributed by atoms with van der Waals surface area (Å²) in [5.74, 6) is 0.0993. The number of carbonyl (C=O) groups excluding carboxylic acids is 2. The minimum Gasteiger partial charge on any atom is -0.426 e. The number of rotatable bonds is 1. The Balaban J connectivity index is 3.02. The van der Waals surface area contributed by atoms with E-state index in [1.54, 1.807) is 6.08 Å². The zero-order valence-corrected chi connectivity index (χ0v) is 8.72. The molecule has 0 amide bonds. The minimum absolute atomic E-state index is 0.0590. The summed E-state index contributed by atoms with van der Waals surface area (Å²) in [5, 5.41) is 0. The Hall–Kier alpha value is -1.38. The maximum atomic E-state index is 11.5. The number of ketones is 1. The molecule has 3 nitrogen and oxygen atoms in total. The van der Waals surface area contributed by atoms with Gasteiger partial charge in [-0.2, -0.15) is 0 Å². The number of allylic oxidation sites excluding steroid dienone is 3. The molecular formula is C11H14O3. The maximum absolute atomic E-state index is 11.5.